The Bertz CT molecular complexity index is 1220. The van der Waals surface area contributed by atoms with Crippen LogP contribution in [0.1, 0.15) is 10.4 Å². The molecule has 0 radical (unpaired) electrons. The third-order valence-corrected chi connectivity index (χ3v) is 5.49. The van der Waals surface area contributed by atoms with Gasteiger partial charge in [0.25, 0.3) is 11.6 Å². The number of hydrogen-bond acceptors (Lipinski definition) is 5. The van der Waals surface area contributed by atoms with E-state index in [-0.39, 0.29) is 16.3 Å². The lowest BCUT2D eigenvalue weighted by atomic mass is 10.1. The highest BCUT2D eigenvalue weighted by Crippen LogP contribution is 2.30. The number of nitro groups is 1. The van der Waals surface area contributed by atoms with Crippen LogP contribution in [0, 0.1) is 10.1 Å². The highest BCUT2D eigenvalue weighted by Gasteiger charge is 2.20. The number of carbonyl (C=O) groups is 1. The van der Waals surface area contributed by atoms with Gasteiger partial charge in [-0.25, -0.2) is 4.98 Å². The molecule has 148 valence electrons. The van der Waals surface area contributed by atoms with Crippen LogP contribution >= 0.6 is 22.9 Å². The molecule has 0 spiro atoms. The lowest BCUT2D eigenvalue weighted by Crippen LogP contribution is -2.13. The van der Waals surface area contributed by atoms with Gasteiger partial charge in [0, 0.05) is 33.3 Å². The fraction of sp³-hybridized carbons (Fsp3) is 0. The molecule has 1 heterocycles. The van der Waals surface area contributed by atoms with Gasteiger partial charge in [-0.05, 0) is 24.3 Å². The van der Waals surface area contributed by atoms with Crippen LogP contribution < -0.4 is 5.32 Å². The molecule has 30 heavy (non-hydrogen) atoms. The molecular formula is C22H14ClN3O3S. The van der Waals surface area contributed by atoms with Crippen LogP contribution in [0.5, 0.6) is 0 Å². The van der Waals surface area contributed by atoms with E-state index >= 15 is 0 Å². The van der Waals surface area contributed by atoms with Gasteiger partial charge in [0.05, 0.1) is 10.6 Å². The summed E-state index contributed by atoms with van der Waals surface area (Å²) in [5, 5.41) is 17.0. The maximum Gasteiger partial charge on any atom is 0.283 e. The van der Waals surface area contributed by atoms with Crippen molar-refractivity contribution in [3.63, 3.8) is 0 Å². The van der Waals surface area contributed by atoms with E-state index in [1.165, 1.54) is 12.1 Å². The van der Waals surface area contributed by atoms with E-state index in [1.54, 1.807) is 23.5 Å². The molecule has 0 saturated carbocycles. The average molecular weight is 436 g/mol. The minimum absolute atomic E-state index is 0.0551. The highest BCUT2D eigenvalue weighted by atomic mass is 35.5. The summed E-state index contributed by atoms with van der Waals surface area (Å²) in [5.41, 5.74) is 2.93. The van der Waals surface area contributed by atoms with E-state index in [1.807, 2.05) is 47.8 Å². The van der Waals surface area contributed by atoms with Gasteiger partial charge < -0.3 is 5.32 Å². The van der Waals surface area contributed by atoms with Crippen LogP contribution in [-0.2, 0) is 0 Å². The molecule has 0 atom stereocenters. The average Bonchev–Trinajstić information content (AvgIpc) is 3.25. The third-order valence-electron chi connectivity index (χ3n) is 4.36. The Labute approximate surface area is 180 Å². The van der Waals surface area contributed by atoms with Crippen LogP contribution in [0.2, 0.25) is 5.02 Å². The number of halogens is 1. The quantitative estimate of drug-likeness (QED) is 0.295. The number of nitrogens with zero attached hydrogens (tertiary/aromatic N) is 2. The van der Waals surface area contributed by atoms with Gasteiger partial charge in [0.2, 0.25) is 0 Å². The van der Waals surface area contributed by atoms with Crippen molar-refractivity contribution in [2.45, 2.75) is 0 Å². The largest absolute Gasteiger partial charge is 0.322 e. The van der Waals surface area contributed by atoms with Crippen molar-refractivity contribution in [1.82, 2.24) is 4.98 Å². The standard InChI is InChI=1S/C22H14ClN3O3S/c23-16-8-11-18(20(12-16)26(28)29)21(27)24-17-9-6-14(7-10-17)19-13-30-22(25-19)15-4-2-1-3-5-15/h1-13H,(H,24,27). The first kappa shape index (κ1) is 19.8. The number of amides is 1. The Morgan fingerprint density at radius 1 is 1.00 bits per heavy atom. The maximum absolute atomic E-state index is 12.5. The van der Waals surface area contributed by atoms with Gasteiger partial charge in [-0.3, -0.25) is 14.9 Å². The van der Waals surface area contributed by atoms with E-state index in [4.69, 9.17) is 11.6 Å². The molecule has 0 fully saturated rings. The van der Waals surface area contributed by atoms with E-state index in [2.05, 4.69) is 10.3 Å². The van der Waals surface area contributed by atoms with Crippen molar-refractivity contribution in [3.05, 3.63) is 98.9 Å². The molecule has 0 aliphatic carbocycles. The Kier molecular flexibility index (Phi) is 5.56. The number of nitrogens with one attached hydrogen (secondary N) is 1. The van der Waals surface area contributed by atoms with Crippen molar-refractivity contribution in [3.8, 4) is 21.8 Å². The van der Waals surface area contributed by atoms with Gasteiger partial charge in [-0.2, -0.15) is 0 Å². The number of rotatable bonds is 5. The highest BCUT2D eigenvalue weighted by molar-refractivity contribution is 7.13. The van der Waals surface area contributed by atoms with Gasteiger partial charge >= 0.3 is 0 Å². The predicted molar refractivity (Wildman–Crippen MR) is 119 cm³/mol. The second kappa shape index (κ2) is 8.44. The van der Waals surface area contributed by atoms with E-state index in [0.29, 0.717) is 5.69 Å². The zero-order valence-corrected chi connectivity index (χ0v) is 17.0. The van der Waals surface area contributed by atoms with E-state index in [9.17, 15) is 14.9 Å². The smallest absolute Gasteiger partial charge is 0.283 e. The number of benzene rings is 3. The van der Waals surface area contributed by atoms with E-state index < -0.39 is 10.8 Å². The van der Waals surface area contributed by atoms with Crippen molar-refractivity contribution in [1.29, 1.82) is 0 Å². The summed E-state index contributed by atoms with van der Waals surface area (Å²) in [4.78, 5) is 27.7. The number of aromatic nitrogens is 1. The lowest BCUT2D eigenvalue weighted by molar-refractivity contribution is -0.385. The Morgan fingerprint density at radius 3 is 2.43 bits per heavy atom. The van der Waals surface area contributed by atoms with Crippen LogP contribution in [-0.4, -0.2) is 15.8 Å². The normalized spacial score (nSPS) is 10.6. The molecule has 0 saturated heterocycles. The van der Waals surface area contributed by atoms with Crippen LogP contribution in [0.3, 0.4) is 0 Å². The van der Waals surface area contributed by atoms with E-state index in [0.717, 1.165) is 27.9 Å². The monoisotopic (exact) mass is 435 g/mol. The Balaban J connectivity index is 1.52. The molecule has 8 heteroatoms. The number of thiazole rings is 1. The molecule has 0 unspecified atom stereocenters. The zero-order chi connectivity index (χ0) is 21.1. The fourth-order valence-electron chi connectivity index (χ4n) is 2.89. The maximum atomic E-state index is 12.5. The van der Waals surface area contributed by atoms with Gasteiger partial charge in [-0.1, -0.05) is 54.1 Å². The number of carbonyl (C=O) groups excluding carboxylic acids is 1. The van der Waals surface area contributed by atoms with Gasteiger partial charge in [-0.15, -0.1) is 11.3 Å². The molecule has 6 nitrogen and oxygen atoms in total. The Hall–Kier alpha value is -3.55. The van der Waals surface area contributed by atoms with Crippen molar-refractivity contribution in [2.24, 2.45) is 0 Å². The summed E-state index contributed by atoms with van der Waals surface area (Å²) in [6.45, 7) is 0. The molecule has 0 aliphatic rings. The first-order valence-corrected chi connectivity index (χ1v) is 10.1. The molecule has 1 amide bonds. The van der Waals surface area contributed by atoms with Crippen LogP contribution in [0.4, 0.5) is 11.4 Å². The minimum Gasteiger partial charge on any atom is -0.322 e. The number of nitro benzene ring substituents is 1. The molecule has 4 aromatic rings. The van der Waals surface area contributed by atoms with Crippen molar-refractivity contribution in [2.75, 3.05) is 5.32 Å². The molecule has 0 bridgehead atoms. The number of anilines is 1. The minimum atomic E-state index is -0.629. The van der Waals surface area contributed by atoms with Crippen LogP contribution in [0.15, 0.2) is 78.2 Å². The van der Waals surface area contributed by atoms with Gasteiger partial charge in [0.1, 0.15) is 10.6 Å². The molecular weight excluding hydrogens is 422 g/mol. The summed E-state index contributed by atoms with van der Waals surface area (Å²) in [7, 11) is 0. The molecule has 0 aliphatic heterocycles. The predicted octanol–water partition coefficient (Wildman–Crippen LogP) is 6.29. The summed E-state index contributed by atoms with van der Waals surface area (Å²) in [6.07, 6.45) is 0. The fourth-order valence-corrected chi connectivity index (χ4v) is 3.89. The summed E-state index contributed by atoms with van der Waals surface area (Å²) >= 11 is 7.36. The Morgan fingerprint density at radius 2 is 1.73 bits per heavy atom. The molecule has 1 aromatic heterocycles. The number of hydrogen-bond donors (Lipinski definition) is 1. The summed E-state index contributed by atoms with van der Waals surface area (Å²) in [6, 6.07) is 21.0. The zero-order valence-electron chi connectivity index (χ0n) is 15.4. The molecule has 1 N–H and O–H groups in total. The first-order chi connectivity index (χ1) is 14.5. The first-order valence-electron chi connectivity index (χ1n) is 8.88. The van der Waals surface area contributed by atoms with Gasteiger partial charge in [0.15, 0.2) is 0 Å². The molecule has 3 aromatic carbocycles. The second-order valence-electron chi connectivity index (χ2n) is 6.35. The van der Waals surface area contributed by atoms with Crippen molar-refractivity contribution >= 4 is 40.2 Å². The summed E-state index contributed by atoms with van der Waals surface area (Å²) < 4.78 is 0. The SMILES string of the molecule is O=C(Nc1ccc(-c2csc(-c3ccccc3)n2)cc1)c1ccc(Cl)cc1[N+](=O)[O-]. The third kappa shape index (κ3) is 4.22. The lowest BCUT2D eigenvalue weighted by Gasteiger charge is -2.07. The van der Waals surface area contributed by atoms with Crippen LogP contribution in [0.25, 0.3) is 21.8 Å². The topological polar surface area (TPSA) is 85.1 Å². The molecule has 4 rings (SSSR count). The summed E-state index contributed by atoms with van der Waals surface area (Å²) in [5.74, 6) is -0.578. The van der Waals surface area contributed by atoms with Crippen molar-refractivity contribution < 1.29 is 9.72 Å². The second-order valence-corrected chi connectivity index (χ2v) is 7.65.